The summed E-state index contributed by atoms with van der Waals surface area (Å²) in [5.74, 6) is -0.173. The molecule has 1 fully saturated rings. The minimum absolute atomic E-state index is 0.245. The van der Waals surface area contributed by atoms with Gasteiger partial charge < -0.3 is 19.9 Å². The number of piperazine rings is 1. The third kappa shape index (κ3) is 5.08. The Balaban J connectivity index is 1.45. The molecule has 180 valence electrons. The van der Waals surface area contributed by atoms with E-state index in [2.05, 4.69) is 20.5 Å². The number of nitrogens with one attached hydrogen (secondary N) is 2. The highest BCUT2D eigenvalue weighted by molar-refractivity contribution is 6.06. The molecule has 8 nitrogen and oxygen atoms in total. The second-order valence-electron chi connectivity index (χ2n) is 7.90. The zero-order valence-electron chi connectivity index (χ0n) is 18.4. The van der Waals surface area contributed by atoms with Crippen LogP contribution in [0.3, 0.4) is 0 Å². The molecule has 2 aromatic carbocycles. The molecule has 2 N–H and O–H groups in total. The maximum absolute atomic E-state index is 13.2. The van der Waals surface area contributed by atoms with E-state index in [1.165, 1.54) is 18.2 Å². The van der Waals surface area contributed by atoms with Gasteiger partial charge in [0.05, 0.1) is 30.5 Å². The molecule has 0 spiro atoms. The number of alkyl halides is 3. The van der Waals surface area contributed by atoms with Crippen molar-refractivity contribution in [3.8, 4) is 5.75 Å². The monoisotopic (exact) mass is 475 g/mol. The molecule has 2 amide bonds. The Hall–Kier alpha value is -3.76. The third-order valence-electron chi connectivity index (χ3n) is 5.71. The van der Waals surface area contributed by atoms with Crippen LogP contribution in [0.25, 0.3) is 0 Å². The van der Waals surface area contributed by atoms with Gasteiger partial charge in [0, 0.05) is 26.2 Å². The quantitative estimate of drug-likeness (QED) is 0.711. The van der Waals surface area contributed by atoms with Crippen LogP contribution >= 0.6 is 0 Å². The number of nitrogens with zero attached hydrogens (tertiary/aromatic N) is 3. The van der Waals surface area contributed by atoms with Crippen LogP contribution in [0.1, 0.15) is 12.0 Å². The van der Waals surface area contributed by atoms with Crippen LogP contribution in [-0.4, -0.2) is 62.0 Å². The van der Waals surface area contributed by atoms with Crippen LogP contribution in [0.15, 0.2) is 53.5 Å². The summed E-state index contributed by atoms with van der Waals surface area (Å²) < 4.78 is 45.2. The average molecular weight is 475 g/mol. The summed E-state index contributed by atoms with van der Waals surface area (Å²) >= 11 is 0. The Morgan fingerprint density at radius 1 is 1.06 bits per heavy atom. The summed E-state index contributed by atoms with van der Waals surface area (Å²) in [6.45, 7) is 2.32. The number of hydrogen-bond acceptors (Lipinski definition) is 6. The number of halogens is 3. The van der Waals surface area contributed by atoms with Gasteiger partial charge in [-0.1, -0.05) is 24.3 Å². The summed E-state index contributed by atoms with van der Waals surface area (Å²) in [6.07, 6.45) is -4.87. The Labute approximate surface area is 194 Å². The van der Waals surface area contributed by atoms with Crippen LogP contribution < -0.4 is 20.3 Å². The van der Waals surface area contributed by atoms with Crippen molar-refractivity contribution in [2.75, 3.05) is 43.5 Å². The molecule has 1 atom stereocenters. The third-order valence-corrected chi connectivity index (χ3v) is 5.71. The number of aliphatic imine (C=N–C) groups is 1. The highest BCUT2D eigenvalue weighted by atomic mass is 19.4. The van der Waals surface area contributed by atoms with Gasteiger partial charge in [-0.25, -0.2) is 4.99 Å². The van der Waals surface area contributed by atoms with E-state index in [1.54, 1.807) is 7.11 Å². The molecule has 0 unspecified atom stereocenters. The van der Waals surface area contributed by atoms with E-state index in [0.717, 1.165) is 17.5 Å². The zero-order chi connectivity index (χ0) is 24.3. The van der Waals surface area contributed by atoms with Gasteiger partial charge in [-0.2, -0.15) is 13.2 Å². The van der Waals surface area contributed by atoms with E-state index in [1.807, 2.05) is 29.2 Å². The number of carbonyl (C=O) groups excluding carboxylic acids is 2. The standard InChI is InChI=1S/C23H24F3N5O3/c1-34-19-9-5-4-8-18(19)30-10-12-31(13-11-30)22-28-17(14-20(32)29-22)21(33)27-16-7-3-2-6-15(16)23(24,25)26/h2-9,17H,10-14H2,1H3,(H,27,33)(H,28,29,32)/t17-/m0/s1. The number of para-hydroxylation sites is 3. The van der Waals surface area contributed by atoms with E-state index < -0.39 is 29.6 Å². The van der Waals surface area contributed by atoms with E-state index >= 15 is 0 Å². The summed E-state index contributed by atoms with van der Waals surface area (Å²) in [5, 5.41) is 4.97. The smallest absolute Gasteiger partial charge is 0.418 e. The molecule has 1 saturated heterocycles. The molecule has 0 aliphatic carbocycles. The van der Waals surface area contributed by atoms with Gasteiger partial charge in [-0.05, 0) is 24.3 Å². The summed E-state index contributed by atoms with van der Waals surface area (Å²) in [4.78, 5) is 33.4. The SMILES string of the molecule is COc1ccccc1N1CCN(C2=N[C@H](C(=O)Nc3ccccc3C(F)(F)F)CC(=O)N2)CC1. The molecule has 0 saturated carbocycles. The molecule has 0 bridgehead atoms. The number of carbonyl (C=O) groups is 2. The lowest BCUT2D eigenvalue weighted by molar-refractivity contribution is -0.137. The molecular weight excluding hydrogens is 451 g/mol. The molecule has 2 aliphatic rings. The zero-order valence-corrected chi connectivity index (χ0v) is 18.4. The fraction of sp³-hybridized carbons (Fsp3) is 0.348. The normalized spacial score (nSPS) is 18.8. The van der Waals surface area contributed by atoms with Crippen molar-refractivity contribution in [1.29, 1.82) is 0 Å². The summed E-state index contributed by atoms with van der Waals surface area (Å²) in [5.41, 5.74) is -0.367. The largest absolute Gasteiger partial charge is 0.495 e. The van der Waals surface area contributed by atoms with E-state index in [4.69, 9.17) is 4.74 Å². The highest BCUT2D eigenvalue weighted by Crippen LogP contribution is 2.34. The second-order valence-corrected chi connectivity index (χ2v) is 7.90. The maximum atomic E-state index is 13.2. The maximum Gasteiger partial charge on any atom is 0.418 e. The van der Waals surface area contributed by atoms with Gasteiger partial charge in [0.2, 0.25) is 17.8 Å². The van der Waals surface area contributed by atoms with Gasteiger partial charge in [-0.15, -0.1) is 0 Å². The fourth-order valence-electron chi connectivity index (χ4n) is 3.99. The average Bonchev–Trinajstić information content (AvgIpc) is 2.83. The number of amides is 2. The van der Waals surface area contributed by atoms with Crippen molar-refractivity contribution in [3.63, 3.8) is 0 Å². The van der Waals surface area contributed by atoms with Crippen molar-refractivity contribution in [3.05, 3.63) is 54.1 Å². The topological polar surface area (TPSA) is 86.3 Å². The lowest BCUT2D eigenvalue weighted by Crippen LogP contribution is -2.56. The molecule has 0 aromatic heterocycles. The van der Waals surface area contributed by atoms with Crippen LogP contribution in [0.2, 0.25) is 0 Å². The van der Waals surface area contributed by atoms with Crippen LogP contribution in [0.4, 0.5) is 24.5 Å². The first-order chi connectivity index (χ1) is 16.3. The number of ether oxygens (including phenoxy) is 1. The minimum Gasteiger partial charge on any atom is -0.495 e. The highest BCUT2D eigenvalue weighted by Gasteiger charge is 2.35. The predicted molar refractivity (Wildman–Crippen MR) is 121 cm³/mol. The van der Waals surface area contributed by atoms with Crippen LogP contribution in [0.5, 0.6) is 5.75 Å². The van der Waals surface area contributed by atoms with Crippen molar-refractivity contribution in [2.45, 2.75) is 18.6 Å². The van der Waals surface area contributed by atoms with Crippen molar-refractivity contribution >= 4 is 29.1 Å². The molecular formula is C23H24F3N5O3. The van der Waals surface area contributed by atoms with Gasteiger partial charge in [0.15, 0.2) is 0 Å². The van der Waals surface area contributed by atoms with Gasteiger partial charge in [0.1, 0.15) is 11.8 Å². The number of benzene rings is 2. The van der Waals surface area contributed by atoms with Crippen molar-refractivity contribution in [1.82, 2.24) is 10.2 Å². The van der Waals surface area contributed by atoms with Gasteiger partial charge in [0.25, 0.3) is 0 Å². The molecule has 2 aromatic rings. The van der Waals surface area contributed by atoms with Crippen LogP contribution in [-0.2, 0) is 15.8 Å². The molecule has 4 rings (SSSR count). The van der Waals surface area contributed by atoms with E-state index in [9.17, 15) is 22.8 Å². The Bertz CT molecular complexity index is 1100. The minimum atomic E-state index is -4.62. The predicted octanol–water partition coefficient (Wildman–Crippen LogP) is 2.72. The fourth-order valence-corrected chi connectivity index (χ4v) is 3.99. The number of hydrogen-bond donors (Lipinski definition) is 2. The second kappa shape index (κ2) is 9.62. The Morgan fingerprint density at radius 2 is 1.71 bits per heavy atom. The number of guanidine groups is 1. The van der Waals surface area contributed by atoms with Crippen molar-refractivity contribution < 1.29 is 27.5 Å². The number of rotatable bonds is 4. The summed E-state index contributed by atoms with van der Waals surface area (Å²) in [6, 6.07) is 11.2. The molecule has 34 heavy (non-hydrogen) atoms. The molecule has 2 heterocycles. The number of anilines is 2. The van der Waals surface area contributed by atoms with Crippen LogP contribution in [0, 0.1) is 0 Å². The lowest BCUT2D eigenvalue weighted by atomic mass is 10.1. The first-order valence-corrected chi connectivity index (χ1v) is 10.7. The van der Waals surface area contributed by atoms with E-state index in [0.29, 0.717) is 26.2 Å². The van der Waals surface area contributed by atoms with Gasteiger partial charge >= 0.3 is 6.18 Å². The molecule has 0 radical (unpaired) electrons. The van der Waals surface area contributed by atoms with E-state index in [-0.39, 0.29) is 18.1 Å². The Morgan fingerprint density at radius 3 is 2.41 bits per heavy atom. The molecule has 2 aliphatic heterocycles. The number of methoxy groups -OCH3 is 1. The van der Waals surface area contributed by atoms with Gasteiger partial charge in [-0.3, -0.25) is 14.9 Å². The molecule has 11 heteroatoms. The summed E-state index contributed by atoms with van der Waals surface area (Å²) in [7, 11) is 1.61. The lowest BCUT2D eigenvalue weighted by Gasteiger charge is -2.39. The first-order valence-electron chi connectivity index (χ1n) is 10.7. The van der Waals surface area contributed by atoms with Crippen molar-refractivity contribution in [2.24, 2.45) is 4.99 Å². The first kappa shape index (κ1) is 23.4. The Kier molecular flexibility index (Phi) is 6.62.